The summed E-state index contributed by atoms with van der Waals surface area (Å²) in [5, 5.41) is 11.8. The summed E-state index contributed by atoms with van der Waals surface area (Å²) in [5.74, 6) is -0.154. The maximum Gasteiger partial charge on any atom is 0.229 e. The van der Waals surface area contributed by atoms with Crippen molar-refractivity contribution in [1.29, 1.82) is 0 Å². The maximum absolute atomic E-state index is 13.5. The molecule has 9 nitrogen and oxygen atoms in total. The zero-order valence-corrected chi connectivity index (χ0v) is 23.1. The quantitative estimate of drug-likeness (QED) is 0.364. The number of carbonyl (C=O) groups excluding carboxylic acids is 3. The van der Waals surface area contributed by atoms with Crippen molar-refractivity contribution in [3.05, 3.63) is 54.1 Å². The first-order chi connectivity index (χ1) is 18.8. The maximum atomic E-state index is 13.5. The summed E-state index contributed by atoms with van der Waals surface area (Å²) in [5.41, 5.74) is 5.31. The van der Waals surface area contributed by atoms with Crippen LogP contribution < -0.4 is 10.2 Å². The number of ketones is 1. The third kappa shape index (κ3) is 6.60. The summed E-state index contributed by atoms with van der Waals surface area (Å²) < 4.78 is 7.36. The van der Waals surface area contributed by atoms with Gasteiger partial charge in [0.05, 0.1) is 31.1 Å². The van der Waals surface area contributed by atoms with E-state index >= 15 is 0 Å². The number of ether oxygens (including phenoxy) is 1. The first-order valence-electron chi connectivity index (χ1n) is 13.6. The number of nitrogens with one attached hydrogen (secondary N) is 1. The van der Waals surface area contributed by atoms with E-state index in [1.54, 1.807) is 4.90 Å². The Hall–Kier alpha value is -3.85. The van der Waals surface area contributed by atoms with Crippen molar-refractivity contribution in [2.24, 2.45) is 5.92 Å². The highest BCUT2D eigenvalue weighted by molar-refractivity contribution is 6.00. The van der Waals surface area contributed by atoms with E-state index < -0.39 is 0 Å². The minimum atomic E-state index is -0.189. The third-order valence-electron chi connectivity index (χ3n) is 6.81. The van der Waals surface area contributed by atoms with Crippen molar-refractivity contribution in [2.45, 2.75) is 59.5 Å². The molecule has 0 unspecified atom stereocenters. The molecule has 0 radical (unpaired) electrons. The molecular weight excluding hydrogens is 494 g/mol. The van der Waals surface area contributed by atoms with Crippen LogP contribution >= 0.6 is 0 Å². The van der Waals surface area contributed by atoms with Crippen LogP contribution in [0.25, 0.3) is 22.5 Å². The average molecular weight is 532 g/mol. The summed E-state index contributed by atoms with van der Waals surface area (Å²) in [6.45, 7) is 9.03. The fourth-order valence-corrected chi connectivity index (χ4v) is 4.62. The van der Waals surface area contributed by atoms with Crippen molar-refractivity contribution >= 4 is 23.3 Å². The number of amides is 2. The van der Waals surface area contributed by atoms with Gasteiger partial charge in [-0.25, -0.2) is 4.68 Å². The number of nitrogens with zero attached hydrogens (tertiary/aromatic N) is 4. The van der Waals surface area contributed by atoms with Crippen LogP contribution in [0.4, 0.5) is 5.69 Å². The number of benzene rings is 2. The van der Waals surface area contributed by atoms with Crippen molar-refractivity contribution in [1.82, 2.24) is 20.3 Å². The molecule has 0 saturated carbocycles. The number of hydrogen-bond donors (Lipinski definition) is 1. The van der Waals surface area contributed by atoms with E-state index in [4.69, 9.17) is 4.74 Å². The number of anilines is 1. The van der Waals surface area contributed by atoms with Gasteiger partial charge in [-0.3, -0.25) is 14.4 Å². The van der Waals surface area contributed by atoms with Crippen molar-refractivity contribution in [3.8, 4) is 22.5 Å². The van der Waals surface area contributed by atoms with Crippen LogP contribution in [0.5, 0.6) is 0 Å². The Bertz CT molecular complexity index is 1330. The molecule has 2 heterocycles. The number of fused-ring (bicyclic) bond motifs is 5. The van der Waals surface area contributed by atoms with Crippen LogP contribution in [0, 0.1) is 5.92 Å². The molecule has 1 aromatic heterocycles. The molecule has 1 N–H and O–H groups in total. The number of carbonyl (C=O) groups is 3. The van der Waals surface area contributed by atoms with E-state index in [9.17, 15) is 14.4 Å². The number of para-hydroxylation sites is 1. The second-order valence-electron chi connectivity index (χ2n) is 10.3. The van der Waals surface area contributed by atoms with Crippen LogP contribution in [0.2, 0.25) is 0 Å². The van der Waals surface area contributed by atoms with Crippen LogP contribution in [-0.2, 0) is 25.7 Å². The highest BCUT2D eigenvalue weighted by atomic mass is 16.5. The molecule has 1 aliphatic heterocycles. The van der Waals surface area contributed by atoms with Gasteiger partial charge in [0, 0.05) is 48.9 Å². The molecule has 9 heteroatoms. The zero-order chi connectivity index (χ0) is 27.9. The molecule has 0 saturated heterocycles. The Kier molecular flexibility index (Phi) is 9.24. The lowest BCUT2D eigenvalue weighted by atomic mass is 9.95. The van der Waals surface area contributed by atoms with Gasteiger partial charge >= 0.3 is 0 Å². The number of hydrogen-bond acceptors (Lipinski definition) is 6. The highest BCUT2D eigenvalue weighted by Crippen LogP contribution is 2.41. The van der Waals surface area contributed by atoms with Gasteiger partial charge in [0.15, 0.2) is 0 Å². The van der Waals surface area contributed by atoms with E-state index in [1.807, 2.05) is 67.1 Å². The van der Waals surface area contributed by atoms with Gasteiger partial charge in [0.2, 0.25) is 11.8 Å². The minimum Gasteiger partial charge on any atom is -0.380 e. The van der Waals surface area contributed by atoms with Crippen molar-refractivity contribution < 1.29 is 19.1 Å². The standard InChI is InChI=1S/C30H37N5O4/c1-20(2)26(36)14-17-39-18-15-27(37)31-16-13-28(38)34-19-22-9-5-6-10-23(22)30-29(32-33-35(30)21(3)4)24-11-7-8-12-25(24)34/h5-12,20-21H,13-19H2,1-4H3,(H,31,37). The number of Topliss-reactive ketones (excluding diaryl/α,β-unsaturated/α-hetero) is 1. The van der Waals surface area contributed by atoms with Gasteiger partial charge < -0.3 is 15.0 Å². The lowest BCUT2D eigenvalue weighted by Gasteiger charge is -2.29. The molecule has 0 bridgehead atoms. The molecule has 39 heavy (non-hydrogen) atoms. The van der Waals surface area contributed by atoms with Crippen LogP contribution in [0.15, 0.2) is 48.5 Å². The molecule has 2 aromatic carbocycles. The number of rotatable bonds is 11. The van der Waals surface area contributed by atoms with E-state index in [-0.39, 0.29) is 55.6 Å². The molecule has 0 atom stereocenters. The van der Waals surface area contributed by atoms with Gasteiger partial charge in [0.25, 0.3) is 0 Å². The van der Waals surface area contributed by atoms with E-state index in [0.29, 0.717) is 19.6 Å². The summed E-state index contributed by atoms with van der Waals surface area (Å²) in [6, 6.07) is 15.9. The topological polar surface area (TPSA) is 106 Å². The first kappa shape index (κ1) is 28.2. The van der Waals surface area contributed by atoms with Crippen LogP contribution in [-0.4, -0.2) is 52.3 Å². The number of aromatic nitrogens is 3. The monoisotopic (exact) mass is 531 g/mol. The second-order valence-corrected chi connectivity index (χ2v) is 10.3. The van der Waals surface area contributed by atoms with Crippen molar-refractivity contribution in [3.63, 3.8) is 0 Å². The van der Waals surface area contributed by atoms with Crippen LogP contribution in [0.3, 0.4) is 0 Å². The molecule has 0 aliphatic carbocycles. The molecule has 206 valence electrons. The first-order valence-corrected chi connectivity index (χ1v) is 13.6. The van der Waals surface area contributed by atoms with Gasteiger partial charge in [-0.15, -0.1) is 5.10 Å². The van der Waals surface area contributed by atoms with E-state index in [0.717, 1.165) is 33.8 Å². The lowest BCUT2D eigenvalue weighted by Crippen LogP contribution is -2.35. The zero-order valence-electron chi connectivity index (χ0n) is 23.1. The van der Waals surface area contributed by atoms with Gasteiger partial charge in [-0.05, 0) is 25.5 Å². The average Bonchev–Trinajstić information content (AvgIpc) is 3.35. The summed E-state index contributed by atoms with van der Waals surface area (Å²) in [7, 11) is 0. The van der Waals surface area contributed by atoms with E-state index in [2.05, 4.69) is 29.5 Å². The third-order valence-corrected chi connectivity index (χ3v) is 6.81. The molecule has 2 amide bonds. The fourth-order valence-electron chi connectivity index (χ4n) is 4.62. The van der Waals surface area contributed by atoms with Crippen molar-refractivity contribution in [2.75, 3.05) is 24.7 Å². The Morgan fingerprint density at radius 2 is 1.62 bits per heavy atom. The molecule has 0 fully saturated rings. The Morgan fingerprint density at radius 3 is 2.36 bits per heavy atom. The van der Waals surface area contributed by atoms with Crippen LogP contribution in [0.1, 0.15) is 58.6 Å². The molecule has 1 aliphatic rings. The fraction of sp³-hybridized carbons (Fsp3) is 0.433. The van der Waals surface area contributed by atoms with Gasteiger partial charge in [0.1, 0.15) is 11.5 Å². The molecule has 3 aromatic rings. The summed E-state index contributed by atoms with van der Waals surface area (Å²) in [4.78, 5) is 39.2. The summed E-state index contributed by atoms with van der Waals surface area (Å²) in [6.07, 6.45) is 0.680. The highest BCUT2D eigenvalue weighted by Gasteiger charge is 2.29. The van der Waals surface area contributed by atoms with Gasteiger partial charge in [-0.1, -0.05) is 61.5 Å². The molecule has 0 spiro atoms. The smallest absolute Gasteiger partial charge is 0.229 e. The predicted octanol–water partition coefficient (Wildman–Crippen LogP) is 4.57. The van der Waals surface area contributed by atoms with E-state index in [1.165, 1.54) is 0 Å². The predicted molar refractivity (Wildman–Crippen MR) is 150 cm³/mol. The van der Waals surface area contributed by atoms with Gasteiger partial charge in [-0.2, -0.15) is 0 Å². The normalized spacial score (nSPS) is 12.4. The molecular formula is C30H37N5O4. The Morgan fingerprint density at radius 1 is 0.923 bits per heavy atom. The summed E-state index contributed by atoms with van der Waals surface area (Å²) >= 11 is 0. The second kappa shape index (κ2) is 12.8. The lowest BCUT2D eigenvalue weighted by molar-refractivity contribution is -0.123. The largest absolute Gasteiger partial charge is 0.380 e. The Balaban J connectivity index is 1.44. The minimum absolute atomic E-state index is 0.0143. The molecule has 4 rings (SSSR count). The Labute approximate surface area is 229 Å². The SMILES string of the molecule is CC(C)C(=O)CCOCCC(=O)NCCC(=O)N1Cc2ccccc2-c2c(nnn2C(C)C)-c2ccccc21.